The molecule has 2 nitrogen and oxygen atoms in total. The summed E-state index contributed by atoms with van der Waals surface area (Å²) in [5, 5.41) is 1.99. The Balaban J connectivity index is 3.26. The minimum absolute atomic E-state index is 1.97. The van der Waals surface area contributed by atoms with E-state index in [9.17, 15) is 0 Å². The summed E-state index contributed by atoms with van der Waals surface area (Å²) in [6.07, 6.45) is 0. The molecule has 0 heterocycles. The van der Waals surface area contributed by atoms with Gasteiger partial charge in [0.25, 0.3) is 0 Å². The molecule has 0 saturated heterocycles. The quantitative estimate of drug-likeness (QED) is 0.320. The summed E-state index contributed by atoms with van der Waals surface area (Å²) in [6.45, 7) is 0. The van der Waals surface area contributed by atoms with Crippen molar-refractivity contribution in [3.05, 3.63) is 0 Å². The highest BCUT2D eigenvalue weighted by atomic mass is 127. The molecule has 0 amide bonds. The predicted molar refractivity (Wildman–Crippen MR) is 19.9 cm³/mol. The van der Waals surface area contributed by atoms with Gasteiger partial charge in [0.15, 0.2) is 0 Å². The second-order valence-corrected chi connectivity index (χ2v) is 2.69. The summed E-state index contributed by atoms with van der Waals surface area (Å²) >= 11 is 2.19. The Morgan fingerprint density at radius 3 is 1.67 bits per heavy atom. The number of hydrazine groups is 1. The van der Waals surface area contributed by atoms with Crippen molar-refractivity contribution >= 4 is 0 Å². The summed E-state index contributed by atoms with van der Waals surface area (Å²) in [6, 6.07) is 0. The van der Waals surface area contributed by atoms with Crippen LogP contribution in [0.25, 0.3) is 0 Å². The molecule has 0 spiro atoms. The van der Waals surface area contributed by atoms with E-state index in [0.717, 1.165) is 0 Å². The van der Waals surface area contributed by atoms with Crippen LogP contribution < -0.4 is 22.4 Å². The first-order valence-electron chi connectivity index (χ1n) is 1.71. The molecule has 0 fully saturated rings. The lowest BCUT2D eigenvalue weighted by Crippen LogP contribution is -3.23. The van der Waals surface area contributed by atoms with Gasteiger partial charge in [-0.05, 0) is 0 Å². The second-order valence-electron chi connectivity index (χ2n) is 1.29. The van der Waals surface area contributed by atoms with E-state index in [0.29, 0.717) is 0 Å². The first kappa shape index (κ1) is 6.49. The maximum atomic E-state index is 2.19. The fourth-order valence-electron chi connectivity index (χ4n) is 0. The van der Waals surface area contributed by atoms with Crippen molar-refractivity contribution in [1.29, 1.82) is 0 Å². The van der Waals surface area contributed by atoms with Gasteiger partial charge in [-0.25, -0.2) is 0 Å². The Bertz CT molecular complexity index is 59.8. The molecule has 0 radical (unpaired) electrons. The number of rotatable bonds is 1. The number of halogens is 1. The molecule has 0 aliphatic carbocycles. The van der Waals surface area contributed by atoms with Crippen molar-refractivity contribution in [1.82, 2.24) is 5.01 Å². The highest BCUT2D eigenvalue weighted by Gasteiger charge is 1.80. The molecule has 0 aliphatic heterocycles. The van der Waals surface area contributed by atoms with Gasteiger partial charge in [0.2, 0.25) is 0 Å². The third kappa shape index (κ3) is 2.71. The van der Waals surface area contributed by atoms with Gasteiger partial charge in [0.05, 0.1) is 0 Å². The van der Waals surface area contributed by atoms with E-state index in [4.69, 9.17) is 0 Å². The molecular weight excluding hydrogens is 191 g/mol. The number of hydrogen-bond acceptors (Lipinski definition) is 1. The summed E-state index contributed by atoms with van der Waals surface area (Å²) in [7, 11) is 5.97. The summed E-state index contributed by atoms with van der Waals surface area (Å²) < 4.78 is 1.97. The minimum Gasteiger partial charge on any atom is -0.346 e. The van der Waals surface area contributed by atoms with E-state index in [1.165, 1.54) is 0 Å². The molecule has 0 rings (SSSR count). The van der Waals surface area contributed by atoms with Gasteiger partial charge in [-0.3, -0.25) is 0 Å². The predicted octanol–water partition coefficient (Wildman–Crippen LogP) is -3.16. The lowest BCUT2D eigenvalue weighted by Gasteiger charge is -2.06. The van der Waals surface area contributed by atoms with Crippen molar-refractivity contribution < 1.29 is 25.3 Å². The second kappa shape index (κ2) is 2.63. The van der Waals surface area contributed by atoms with E-state index in [2.05, 4.69) is 22.4 Å². The van der Waals surface area contributed by atoms with Crippen LogP contribution in [0, 0.1) is 0 Å². The molecule has 0 N–H and O–H groups in total. The third-order valence-electron chi connectivity index (χ3n) is 0.551. The molecule has 0 aromatic heterocycles. The van der Waals surface area contributed by atoms with Crippen LogP contribution >= 0.6 is 0 Å². The van der Waals surface area contributed by atoms with E-state index >= 15 is 0 Å². The Morgan fingerprint density at radius 2 is 1.67 bits per heavy atom. The van der Waals surface area contributed by atoms with Crippen LogP contribution in [-0.4, -0.2) is 29.0 Å². The van der Waals surface area contributed by atoms with Crippen LogP contribution in [0.1, 0.15) is 0 Å². The normalized spacial score (nSPS) is 9.50. The molecule has 0 bridgehead atoms. The zero-order valence-electron chi connectivity index (χ0n) is 4.27. The molecule has 6 heavy (non-hydrogen) atoms. The third-order valence-corrected chi connectivity index (χ3v) is 1.41. The van der Waals surface area contributed by atoms with Crippen molar-refractivity contribution in [3.8, 4) is 0 Å². The zero-order chi connectivity index (χ0) is 5.15. The summed E-state index contributed by atoms with van der Waals surface area (Å²) in [5.74, 6) is 0. The van der Waals surface area contributed by atoms with Gasteiger partial charge in [-0.1, -0.05) is 0 Å². The van der Waals surface area contributed by atoms with Crippen LogP contribution in [0.4, 0.5) is 0 Å². The molecule has 0 unspecified atom stereocenters. The number of hydrogen-bond donors (Lipinski definition) is 0. The van der Waals surface area contributed by atoms with E-state index in [-0.39, 0.29) is 0 Å². The Hall–Kier alpha value is 0.490. The summed E-state index contributed by atoms with van der Waals surface area (Å²) in [5.41, 5.74) is 0. The van der Waals surface area contributed by atoms with Gasteiger partial charge in [-0.2, -0.15) is 0 Å². The molecule has 0 atom stereocenters. The van der Waals surface area contributed by atoms with Gasteiger partial charge < -0.3 is 25.3 Å². The average Bonchev–Trinajstić information content (AvgIpc) is 1.36. The monoisotopic (exact) mass is 200 g/mol. The first-order chi connectivity index (χ1) is 2.64. The standard InChI is InChI=1S/C3H9IN2/c1-5(2)6(3)4/h1-3H3. The fraction of sp³-hybridized carbons (Fsp3) is 1.00. The fourth-order valence-corrected chi connectivity index (χ4v) is 0. The Morgan fingerprint density at radius 1 is 1.50 bits per heavy atom. The van der Waals surface area contributed by atoms with E-state index < -0.39 is 0 Å². The minimum atomic E-state index is 1.97. The smallest absolute Gasteiger partial charge is 0.123 e. The van der Waals surface area contributed by atoms with Crippen LogP contribution in [0.5, 0.6) is 0 Å². The number of nitrogens with zero attached hydrogens (tertiary/aromatic N) is 2. The van der Waals surface area contributed by atoms with Crippen LogP contribution in [-0.2, 0) is 0 Å². The molecule has 3 heteroatoms. The highest BCUT2D eigenvalue weighted by molar-refractivity contribution is 3.92. The summed E-state index contributed by atoms with van der Waals surface area (Å²) in [4.78, 5) is 0. The van der Waals surface area contributed by atoms with Gasteiger partial charge >= 0.3 is 0 Å². The maximum Gasteiger partial charge on any atom is 0.123 e. The van der Waals surface area contributed by atoms with Crippen LogP contribution in [0.2, 0.25) is 0 Å². The van der Waals surface area contributed by atoms with Gasteiger partial charge in [0, 0.05) is 14.1 Å². The highest BCUT2D eigenvalue weighted by Crippen LogP contribution is 1.59. The van der Waals surface area contributed by atoms with Crippen molar-refractivity contribution in [2.75, 3.05) is 21.1 Å². The zero-order valence-corrected chi connectivity index (χ0v) is 6.43. The maximum absolute atomic E-state index is 2.19. The van der Waals surface area contributed by atoms with Crippen LogP contribution in [0.15, 0.2) is 0 Å². The van der Waals surface area contributed by atoms with E-state index in [1.54, 1.807) is 0 Å². The Labute approximate surface area is 51.7 Å². The van der Waals surface area contributed by atoms with Gasteiger partial charge in [0.1, 0.15) is 7.05 Å². The van der Waals surface area contributed by atoms with Crippen molar-refractivity contribution in [2.45, 2.75) is 0 Å². The molecule has 0 aliphatic rings. The van der Waals surface area contributed by atoms with E-state index in [1.807, 2.05) is 29.0 Å². The molecule has 0 aromatic carbocycles. The lowest BCUT2D eigenvalue weighted by molar-refractivity contribution is -0.966. The van der Waals surface area contributed by atoms with Crippen LogP contribution in [0.3, 0.4) is 0 Å². The largest absolute Gasteiger partial charge is 0.346 e. The lowest BCUT2D eigenvalue weighted by atomic mass is 11.1. The van der Waals surface area contributed by atoms with Crippen molar-refractivity contribution in [3.63, 3.8) is 0 Å². The van der Waals surface area contributed by atoms with Gasteiger partial charge in [-0.15, -0.1) is 5.01 Å². The Kier molecular flexibility index (Phi) is 2.84. The molecule has 0 saturated carbocycles. The topological polar surface area (TPSA) is 6.25 Å². The first-order valence-corrected chi connectivity index (χ1v) is 2.68. The molecule has 38 valence electrons. The molecule has 0 aromatic rings. The SMILES string of the molecule is CN(C)[N+](C)=[I-]. The average molecular weight is 200 g/mol. The van der Waals surface area contributed by atoms with Crippen molar-refractivity contribution in [2.24, 2.45) is 0 Å². The molecular formula is C3H9IN2.